The molecule has 1 unspecified atom stereocenters. The monoisotopic (exact) mass is 345 g/mol. The third-order valence-corrected chi connectivity index (χ3v) is 4.49. The Morgan fingerprint density at radius 3 is 2.56 bits per heavy atom. The predicted octanol–water partition coefficient (Wildman–Crippen LogP) is 5.98. The van der Waals surface area contributed by atoms with Crippen LogP contribution in [0.1, 0.15) is 55.5 Å². The van der Waals surface area contributed by atoms with E-state index in [0.717, 1.165) is 43.4 Å². The van der Waals surface area contributed by atoms with Crippen molar-refractivity contribution < 1.29 is 13.6 Å². The summed E-state index contributed by atoms with van der Waals surface area (Å²) in [5.41, 5.74) is 1.49. The van der Waals surface area contributed by atoms with Gasteiger partial charge in [0, 0.05) is 11.6 Å². The molecule has 2 aromatic carbocycles. The molecule has 0 radical (unpaired) electrons. The van der Waals surface area contributed by atoms with Gasteiger partial charge in [0.2, 0.25) is 0 Å². The highest BCUT2D eigenvalue weighted by Gasteiger charge is 2.16. The van der Waals surface area contributed by atoms with Crippen LogP contribution in [-0.4, -0.2) is 5.91 Å². The molecule has 0 aromatic heterocycles. The van der Waals surface area contributed by atoms with Crippen molar-refractivity contribution in [3.8, 4) is 0 Å². The Kier molecular flexibility index (Phi) is 7.11. The summed E-state index contributed by atoms with van der Waals surface area (Å²) in [6, 6.07) is 10.5. The smallest absolute Gasteiger partial charge is 0.256 e. The molecule has 1 amide bonds. The van der Waals surface area contributed by atoms with Crippen LogP contribution in [0.5, 0.6) is 0 Å². The zero-order valence-corrected chi connectivity index (χ0v) is 14.8. The molecule has 25 heavy (non-hydrogen) atoms. The van der Waals surface area contributed by atoms with Gasteiger partial charge < -0.3 is 5.32 Å². The first-order chi connectivity index (χ1) is 12.0. The third kappa shape index (κ3) is 5.38. The molecule has 134 valence electrons. The first-order valence-corrected chi connectivity index (χ1v) is 8.89. The number of halogens is 2. The number of anilines is 1. The standard InChI is InChI=1S/C21H25F2NO/c1-3-5-8-15(4-2)13-16-9-6-7-10-18(16)21(25)24-20-12-11-17(22)14-19(20)23/h6-7,9-12,14-15H,3-5,8,13H2,1-2H3,(H,24,25). The van der Waals surface area contributed by atoms with Crippen molar-refractivity contribution in [3.05, 3.63) is 65.2 Å². The fourth-order valence-electron chi connectivity index (χ4n) is 2.95. The summed E-state index contributed by atoms with van der Waals surface area (Å²) in [7, 11) is 0. The van der Waals surface area contributed by atoms with E-state index in [2.05, 4.69) is 19.2 Å². The van der Waals surface area contributed by atoms with Gasteiger partial charge in [-0.2, -0.15) is 0 Å². The van der Waals surface area contributed by atoms with E-state index in [1.54, 1.807) is 12.1 Å². The van der Waals surface area contributed by atoms with Crippen molar-refractivity contribution in [2.45, 2.75) is 46.0 Å². The minimum Gasteiger partial charge on any atom is -0.319 e. The summed E-state index contributed by atoms with van der Waals surface area (Å²) in [5.74, 6) is -1.29. The largest absolute Gasteiger partial charge is 0.319 e. The molecule has 0 bridgehead atoms. The fourth-order valence-corrected chi connectivity index (χ4v) is 2.95. The van der Waals surface area contributed by atoms with Gasteiger partial charge in [0.25, 0.3) is 5.91 Å². The molecule has 0 heterocycles. The van der Waals surface area contributed by atoms with E-state index < -0.39 is 11.6 Å². The van der Waals surface area contributed by atoms with E-state index in [0.29, 0.717) is 11.5 Å². The summed E-state index contributed by atoms with van der Waals surface area (Å²) in [6.45, 7) is 4.34. The molecule has 0 aliphatic carbocycles. The topological polar surface area (TPSA) is 29.1 Å². The van der Waals surface area contributed by atoms with Gasteiger partial charge in [-0.15, -0.1) is 0 Å². The van der Waals surface area contributed by atoms with E-state index >= 15 is 0 Å². The van der Waals surface area contributed by atoms with Crippen LogP contribution in [0, 0.1) is 17.6 Å². The predicted molar refractivity (Wildman–Crippen MR) is 97.8 cm³/mol. The van der Waals surface area contributed by atoms with E-state index in [9.17, 15) is 13.6 Å². The lowest BCUT2D eigenvalue weighted by atomic mass is 9.90. The van der Waals surface area contributed by atoms with Gasteiger partial charge in [0.15, 0.2) is 0 Å². The number of unbranched alkanes of at least 4 members (excludes halogenated alkanes) is 1. The van der Waals surface area contributed by atoms with Crippen LogP contribution in [-0.2, 0) is 6.42 Å². The van der Waals surface area contributed by atoms with Crippen molar-refractivity contribution in [3.63, 3.8) is 0 Å². The molecule has 2 nitrogen and oxygen atoms in total. The number of benzene rings is 2. The summed E-state index contributed by atoms with van der Waals surface area (Å²) >= 11 is 0. The number of amides is 1. The van der Waals surface area contributed by atoms with Crippen LogP contribution >= 0.6 is 0 Å². The maximum Gasteiger partial charge on any atom is 0.256 e. The summed E-state index contributed by atoms with van der Waals surface area (Å²) < 4.78 is 26.8. The molecule has 0 fully saturated rings. The molecule has 0 saturated heterocycles. The fraction of sp³-hybridized carbons (Fsp3) is 0.381. The lowest BCUT2D eigenvalue weighted by molar-refractivity contribution is 0.102. The Labute approximate surface area is 148 Å². The first kappa shape index (κ1) is 19.1. The second kappa shape index (κ2) is 9.30. The van der Waals surface area contributed by atoms with Crippen molar-refractivity contribution in [1.29, 1.82) is 0 Å². The van der Waals surface area contributed by atoms with Crippen LogP contribution in [0.4, 0.5) is 14.5 Å². The molecule has 4 heteroatoms. The number of nitrogens with one attached hydrogen (secondary N) is 1. The number of hydrogen-bond donors (Lipinski definition) is 1. The van der Waals surface area contributed by atoms with Crippen LogP contribution < -0.4 is 5.32 Å². The summed E-state index contributed by atoms with van der Waals surface area (Å²) in [5, 5.41) is 2.55. The Morgan fingerprint density at radius 1 is 1.12 bits per heavy atom. The van der Waals surface area contributed by atoms with Crippen molar-refractivity contribution >= 4 is 11.6 Å². The van der Waals surface area contributed by atoms with Crippen LogP contribution in [0.25, 0.3) is 0 Å². The highest BCUT2D eigenvalue weighted by atomic mass is 19.1. The lowest BCUT2D eigenvalue weighted by Crippen LogP contribution is -2.16. The zero-order chi connectivity index (χ0) is 18.2. The van der Waals surface area contributed by atoms with Gasteiger partial charge in [-0.1, -0.05) is 57.7 Å². The lowest BCUT2D eigenvalue weighted by Gasteiger charge is -2.17. The molecule has 0 aliphatic heterocycles. The van der Waals surface area contributed by atoms with Gasteiger partial charge in [-0.05, 0) is 36.1 Å². The average molecular weight is 345 g/mol. The van der Waals surface area contributed by atoms with E-state index in [1.165, 1.54) is 12.5 Å². The maximum absolute atomic E-state index is 13.8. The highest BCUT2D eigenvalue weighted by Crippen LogP contribution is 2.22. The normalized spacial score (nSPS) is 12.0. The molecule has 1 N–H and O–H groups in total. The Hall–Kier alpha value is -2.23. The molecule has 2 aromatic rings. The second-order valence-electron chi connectivity index (χ2n) is 6.36. The van der Waals surface area contributed by atoms with E-state index in [-0.39, 0.29) is 11.6 Å². The number of carbonyl (C=O) groups excluding carboxylic acids is 1. The molecule has 1 atom stereocenters. The summed E-state index contributed by atoms with van der Waals surface area (Å²) in [6.07, 6.45) is 5.35. The minimum absolute atomic E-state index is 0.0146. The average Bonchev–Trinajstić information content (AvgIpc) is 2.61. The Bertz CT molecular complexity index is 715. The van der Waals surface area contributed by atoms with Crippen LogP contribution in [0.15, 0.2) is 42.5 Å². The Morgan fingerprint density at radius 2 is 1.88 bits per heavy atom. The molecular weight excluding hydrogens is 320 g/mol. The number of carbonyl (C=O) groups is 1. The Balaban J connectivity index is 2.16. The molecule has 2 rings (SSSR count). The molecule has 0 aliphatic rings. The number of rotatable bonds is 8. The zero-order valence-electron chi connectivity index (χ0n) is 14.8. The summed E-state index contributed by atoms with van der Waals surface area (Å²) in [4.78, 5) is 12.6. The SMILES string of the molecule is CCCCC(CC)Cc1ccccc1C(=O)Nc1ccc(F)cc1F. The molecular formula is C21H25F2NO. The molecule has 0 spiro atoms. The van der Waals surface area contributed by atoms with Gasteiger partial charge in [0.05, 0.1) is 5.69 Å². The third-order valence-electron chi connectivity index (χ3n) is 4.49. The van der Waals surface area contributed by atoms with Crippen LogP contribution in [0.2, 0.25) is 0 Å². The van der Waals surface area contributed by atoms with Crippen molar-refractivity contribution in [2.75, 3.05) is 5.32 Å². The molecule has 0 saturated carbocycles. The quantitative estimate of drug-likeness (QED) is 0.627. The van der Waals surface area contributed by atoms with Gasteiger partial charge >= 0.3 is 0 Å². The number of hydrogen-bond acceptors (Lipinski definition) is 1. The first-order valence-electron chi connectivity index (χ1n) is 8.89. The highest BCUT2D eigenvalue weighted by molar-refractivity contribution is 6.05. The van der Waals surface area contributed by atoms with Gasteiger partial charge in [-0.25, -0.2) is 8.78 Å². The van der Waals surface area contributed by atoms with Gasteiger partial charge in [-0.3, -0.25) is 4.79 Å². The second-order valence-corrected chi connectivity index (χ2v) is 6.36. The van der Waals surface area contributed by atoms with E-state index in [1.807, 2.05) is 12.1 Å². The van der Waals surface area contributed by atoms with Gasteiger partial charge in [0.1, 0.15) is 11.6 Å². The van der Waals surface area contributed by atoms with Crippen molar-refractivity contribution in [1.82, 2.24) is 0 Å². The van der Waals surface area contributed by atoms with Crippen molar-refractivity contribution in [2.24, 2.45) is 5.92 Å². The van der Waals surface area contributed by atoms with Crippen LogP contribution in [0.3, 0.4) is 0 Å². The minimum atomic E-state index is -0.778. The maximum atomic E-state index is 13.8. The van der Waals surface area contributed by atoms with E-state index in [4.69, 9.17) is 0 Å².